The molecule has 248 valence electrons. The number of likely N-dealkylation sites (tertiary alicyclic amines) is 1. The van der Waals surface area contributed by atoms with Crippen LogP contribution in [0.2, 0.25) is 0 Å². The number of alkyl halides is 3. The predicted molar refractivity (Wildman–Crippen MR) is 166 cm³/mol. The highest BCUT2D eigenvalue weighted by Gasteiger charge is 2.47. The first-order valence-corrected chi connectivity index (χ1v) is 15.9. The van der Waals surface area contributed by atoms with E-state index < -0.39 is 36.5 Å². The number of aryl methyl sites for hydroxylation is 1. The molecule has 4 heterocycles. The number of aliphatic hydroxyl groups is 1. The van der Waals surface area contributed by atoms with Crippen LogP contribution < -0.4 is 9.80 Å². The van der Waals surface area contributed by atoms with Crippen LogP contribution in [-0.2, 0) is 11.3 Å². The number of benzene rings is 2. The Bertz CT molecular complexity index is 1830. The molecule has 1 N–H and O–H groups in total. The maximum absolute atomic E-state index is 15.7. The topological polar surface area (TPSA) is 105 Å². The summed E-state index contributed by atoms with van der Waals surface area (Å²) in [6, 6.07) is 8.23. The van der Waals surface area contributed by atoms with Crippen LogP contribution in [0.3, 0.4) is 0 Å². The second-order valence-corrected chi connectivity index (χ2v) is 12.4. The minimum Gasteiger partial charge on any atom is -0.389 e. The van der Waals surface area contributed by atoms with Crippen molar-refractivity contribution in [2.75, 3.05) is 55.6 Å². The van der Waals surface area contributed by atoms with Crippen LogP contribution in [0.4, 0.5) is 38.6 Å². The number of fused-ring (bicyclic) bond motifs is 1. The molecule has 4 aromatic rings. The van der Waals surface area contributed by atoms with E-state index >= 15 is 4.39 Å². The normalized spacial score (nSPS) is 17.6. The number of halogens is 5. The van der Waals surface area contributed by atoms with Crippen molar-refractivity contribution in [3.63, 3.8) is 0 Å². The van der Waals surface area contributed by atoms with E-state index in [4.69, 9.17) is 0 Å². The minimum atomic E-state index is -4.68. The summed E-state index contributed by atoms with van der Waals surface area (Å²) in [6.07, 6.45) is -5.30. The third-order valence-electron chi connectivity index (χ3n) is 8.44. The number of carbonyl (C=O) groups excluding carboxylic acids is 1. The molecule has 2 aliphatic rings. The Balaban J connectivity index is 1.37. The average Bonchev–Trinajstić information content (AvgIpc) is 3.62. The molecule has 0 radical (unpaired) electrons. The van der Waals surface area contributed by atoms with Gasteiger partial charge in [-0.15, -0.1) is 0 Å². The number of rotatable bonds is 8. The number of hydrogen-bond acceptors (Lipinski definition) is 9. The van der Waals surface area contributed by atoms with Gasteiger partial charge in [-0.1, -0.05) is 11.3 Å². The molecule has 0 bridgehead atoms. The number of amides is 1. The number of piperazine rings is 1. The van der Waals surface area contributed by atoms with Crippen molar-refractivity contribution < 1.29 is 31.9 Å². The van der Waals surface area contributed by atoms with E-state index in [1.54, 1.807) is 16.5 Å². The van der Waals surface area contributed by atoms with Gasteiger partial charge in [0.05, 0.1) is 12.6 Å². The molecule has 10 nitrogen and oxygen atoms in total. The minimum absolute atomic E-state index is 0.0194. The number of hydrogen-bond donors (Lipinski definition) is 1. The van der Waals surface area contributed by atoms with Gasteiger partial charge in [0.25, 0.3) is 0 Å². The van der Waals surface area contributed by atoms with Crippen molar-refractivity contribution in [1.29, 1.82) is 5.26 Å². The lowest BCUT2D eigenvalue weighted by Gasteiger charge is -2.44. The fraction of sp³-hybridized carbons (Fsp3) is 0.419. The smallest absolute Gasteiger partial charge is 0.389 e. The molecule has 0 aliphatic carbocycles. The lowest BCUT2D eigenvalue weighted by molar-refractivity contribution is -0.160. The third kappa shape index (κ3) is 6.22. The largest absolute Gasteiger partial charge is 0.409 e. The molecule has 2 aliphatic heterocycles. The molecule has 0 unspecified atom stereocenters. The zero-order valence-electron chi connectivity index (χ0n) is 25.5. The molecular weight excluding hydrogens is 643 g/mol. The van der Waals surface area contributed by atoms with Gasteiger partial charge in [-0.3, -0.25) is 9.69 Å². The van der Waals surface area contributed by atoms with Gasteiger partial charge in [0.1, 0.15) is 39.8 Å². The van der Waals surface area contributed by atoms with Crippen LogP contribution in [0.1, 0.15) is 18.7 Å². The van der Waals surface area contributed by atoms with Gasteiger partial charge in [0.15, 0.2) is 10.9 Å². The zero-order valence-corrected chi connectivity index (χ0v) is 26.3. The Morgan fingerprint density at radius 2 is 1.85 bits per heavy atom. The number of thiazole rings is 1. The van der Waals surface area contributed by atoms with Gasteiger partial charge in [-0.25, -0.2) is 18.4 Å². The fourth-order valence-electron chi connectivity index (χ4n) is 6.04. The number of nitrogens with zero attached hydrogens (tertiary/aromatic N) is 8. The molecule has 16 heteroatoms. The summed E-state index contributed by atoms with van der Waals surface area (Å²) in [5.74, 6) is -1.18. The van der Waals surface area contributed by atoms with E-state index in [9.17, 15) is 32.7 Å². The van der Waals surface area contributed by atoms with E-state index in [0.717, 1.165) is 22.3 Å². The monoisotopic (exact) mass is 674 g/mol. The molecule has 47 heavy (non-hydrogen) atoms. The number of aliphatic hydroxyl groups excluding tert-OH is 1. The third-order valence-corrected chi connectivity index (χ3v) is 9.42. The van der Waals surface area contributed by atoms with Gasteiger partial charge in [0.2, 0.25) is 5.91 Å². The van der Waals surface area contributed by atoms with Crippen LogP contribution >= 0.6 is 11.3 Å². The van der Waals surface area contributed by atoms with Crippen LogP contribution in [0.5, 0.6) is 0 Å². The highest BCUT2D eigenvalue weighted by Crippen LogP contribution is 2.41. The second-order valence-electron chi connectivity index (χ2n) is 11.4. The summed E-state index contributed by atoms with van der Waals surface area (Å²) in [5, 5.41) is 24.4. The van der Waals surface area contributed by atoms with Crippen molar-refractivity contribution >= 4 is 44.8 Å². The van der Waals surface area contributed by atoms with Crippen molar-refractivity contribution in [2.24, 2.45) is 0 Å². The average molecular weight is 675 g/mol. The number of carbonyl (C=O) groups is 1. The SMILES string of the molecule is CCN(c1nc(-c2ccc(F)cc2)c(C#N)s1)c1c2cc(N3CCN(CC(=O)N4CC(O)C4)C[C@@H]3C(F)(F)F)cc(F)c2nn1CC. The van der Waals surface area contributed by atoms with E-state index in [-0.39, 0.29) is 60.1 Å². The number of nitriles is 1. The Morgan fingerprint density at radius 3 is 2.47 bits per heavy atom. The number of anilines is 3. The standard InChI is InChI=1S/C31H31F5N8O2S/c1-3-42(30-38-27(24(13-37)47-30)18-5-7-19(32)8-6-18)29-22-11-20(12-23(33)28(22)39-44(29)4-2)43-10-9-40(16-25(43)31(34,35)36)17-26(46)41-14-21(45)15-41/h5-8,11-12,21,25,45H,3-4,9-10,14-17H2,1-2H3/t25-/m1/s1. The number of β-amino-alcohol motifs (C(OH)–C–C–N with tert-alkyl or cyclic N) is 1. The molecular formula is C31H31F5N8O2S. The first-order chi connectivity index (χ1) is 22.4. The van der Waals surface area contributed by atoms with Crippen LogP contribution in [-0.4, -0.2) is 99.7 Å². The fourth-order valence-corrected chi connectivity index (χ4v) is 6.99. The van der Waals surface area contributed by atoms with Gasteiger partial charge in [-0.2, -0.15) is 23.5 Å². The Morgan fingerprint density at radius 1 is 1.13 bits per heavy atom. The predicted octanol–water partition coefficient (Wildman–Crippen LogP) is 4.74. The van der Waals surface area contributed by atoms with Gasteiger partial charge in [-0.05, 0) is 50.2 Å². The van der Waals surface area contributed by atoms with Gasteiger partial charge in [0, 0.05) is 62.5 Å². The maximum atomic E-state index is 15.7. The van der Waals surface area contributed by atoms with Crippen LogP contribution in [0.15, 0.2) is 36.4 Å². The summed E-state index contributed by atoms with van der Waals surface area (Å²) < 4.78 is 74.4. The first-order valence-electron chi connectivity index (χ1n) is 15.1. The van der Waals surface area contributed by atoms with E-state index in [2.05, 4.69) is 16.2 Å². The molecule has 1 atom stereocenters. The number of aromatic nitrogens is 3. The molecule has 2 fully saturated rings. The highest BCUT2D eigenvalue weighted by atomic mass is 32.1. The molecule has 6 rings (SSSR count). The Labute approximate surface area is 270 Å². The molecule has 0 spiro atoms. The molecule has 2 saturated heterocycles. The lowest BCUT2D eigenvalue weighted by atomic mass is 10.1. The summed E-state index contributed by atoms with van der Waals surface area (Å²) in [5.41, 5.74) is 0.875. The van der Waals surface area contributed by atoms with Crippen molar-refractivity contribution in [3.8, 4) is 17.3 Å². The molecule has 1 amide bonds. The summed E-state index contributed by atoms with van der Waals surface area (Å²) in [6.45, 7) is 3.89. The van der Waals surface area contributed by atoms with Crippen LogP contribution in [0, 0.1) is 23.0 Å². The van der Waals surface area contributed by atoms with Crippen molar-refractivity contribution in [1.82, 2.24) is 24.6 Å². The van der Waals surface area contributed by atoms with E-state index in [0.29, 0.717) is 35.3 Å². The zero-order chi connectivity index (χ0) is 33.6. The summed E-state index contributed by atoms with van der Waals surface area (Å²) in [7, 11) is 0. The summed E-state index contributed by atoms with van der Waals surface area (Å²) >= 11 is 1.09. The maximum Gasteiger partial charge on any atom is 0.409 e. The van der Waals surface area contributed by atoms with E-state index in [1.807, 2.05) is 6.92 Å². The van der Waals surface area contributed by atoms with Crippen LogP contribution in [0.25, 0.3) is 22.2 Å². The van der Waals surface area contributed by atoms with E-state index in [1.165, 1.54) is 40.1 Å². The first kappa shape index (κ1) is 32.6. The quantitative estimate of drug-likeness (QED) is 0.268. The van der Waals surface area contributed by atoms with Crippen molar-refractivity contribution in [3.05, 3.63) is 52.9 Å². The van der Waals surface area contributed by atoms with Gasteiger partial charge >= 0.3 is 6.18 Å². The Kier molecular flexibility index (Phi) is 8.81. The molecule has 2 aromatic carbocycles. The van der Waals surface area contributed by atoms with Crippen molar-refractivity contribution in [2.45, 2.75) is 38.7 Å². The molecule has 0 saturated carbocycles. The summed E-state index contributed by atoms with van der Waals surface area (Å²) in [4.78, 5) is 23.2. The Hall–Kier alpha value is -4.33. The highest BCUT2D eigenvalue weighted by molar-refractivity contribution is 7.16. The lowest BCUT2D eigenvalue weighted by Crippen LogP contribution is -2.62. The van der Waals surface area contributed by atoms with Gasteiger partial charge < -0.3 is 19.8 Å². The molecule has 2 aromatic heterocycles. The second kappa shape index (κ2) is 12.7.